The Morgan fingerprint density at radius 3 is 2.52 bits per heavy atom. The molecule has 0 aromatic heterocycles. The van der Waals surface area contributed by atoms with Gasteiger partial charge in [0.2, 0.25) is 5.91 Å². The molecule has 3 amide bonds. The van der Waals surface area contributed by atoms with Crippen molar-refractivity contribution in [1.29, 1.82) is 0 Å². The zero-order valence-corrected chi connectivity index (χ0v) is 19.1. The molecule has 4 rings (SSSR count). The number of hydrogen-bond donors (Lipinski definition) is 1. The van der Waals surface area contributed by atoms with E-state index in [0.29, 0.717) is 12.0 Å². The molecule has 7 heteroatoms. The predicted molar refractivity (Wildman–Crippen MR) is 125 cm³/mol. The molecule has 2 aliphatic heterocycles. The molecule has 1 spiro atoms. The van der Waals surface area contributed by atoms with Crippen LogP contribution in [0.3, 0.4) is 0 Å². The smallest absolute Gasteiger partial charge is 0.302 e. The van der Waals surface area contributed by atoms with Crippen molar-refractivity contribution in [2.24, 2.45) is 5.92 Å². The van der Waals surface area contributed by atoms with E-state index in [4.69, 9.17) is 6.57 Å². The van der Waals surface area contributed by atoms with Gasteiger partial charge in [0.05, 0.1) is 6.42 Å². The van der Waals surface area contributed by atoms with Crippen molar-refractivity contribution in [3.05, 3.63) is 77.1 Å². The van der Waals surface area contributed by atoms with E-state index in [1.165, 1.54) is 9.80 Å². The summed E-state index contributed by atoms with van der Waals surface area (Å²) in [5, 5.41) is 2.91. The van der Waals surface area contributed by atoms with Gasteiger partial charge in [0, 0.05) is 24.8 Å². The highest BCUT2D eigenvalue weighted by Gasteiger charge is 2.59. The van der Waals surface area contributed by atoms with E-state index in [1.54, 1.807) is 31.3 Å². The number of hydrogen-bond acceptors (Lipinski definition) is 3. The van der Waals surface area contributed by atoms with Crippen LogP contribution in [0.25, 0.3) is 4.85 Å². The monoisotopic (exact) mass is 444 g/mol. The molecule has 170 valence electrons. The minimum atomic E-state index is -0.939. The summed E-state index contributed by atoms with van der Waals surface area (Å²) < 4.78 is 0. The molecule has 2 heterocycles. The summed E-state index contributed by atoms with van der Waals surface area (Å²) in [5.74, 6) is -0.553. The van der Waals surface area contributed by atoms with Crippen molar-refractivity contribution in [2.45, 2.75) is 44.3 Å². The Bertz CT molecular complexity index is 1120. The summed E-state index contributed by atoms with van der Waals surface area (Å²) in [7, 11) is 1.64. The Morgan fingerprint density at radius 1 is 1.18 bits per heavy atom. The summed E-state index contributed by atoms with van der Waals surface area (Å²) in [4.78, 5) is 46.7. The summed E-state index contributed by atoms with van der Waals surface area (Å²) in [6.07, 6.45) is -0.0508. The maximum absolute atomic E-state index is 13.8. The van der Waals surface area contributed by atoms with Gasteiger partial charge in [-0.3, -0.25) is 24.1 Å². The average Bonchev–Trinajstić information content (AvgIpc) is 3.35. The fourth-order valence-corrected chi connectivity index (χ4v) is 4.94. The Balaban J connectivity index is 1.66. The third-order valence-corrected chi connectivity index (χ3v) is 6.68. The van der Waals surface area contributed by atoms with Crippen LogP contribution in [0.5, 0.6) is 0 Å². The molecular formula is C26H28N4O3. The first-order valence-corrected chi connectivity index (χ1v) is 11.2. The first-order valence-electron chi connectivity index (χ1n) is 11.2. The second kappa shape index (κ2) is 8.70. The van der Waals surface area contributed by atoms with Crippen molar-refractivity contribution in [3.8, 4) is 0 Å². The Kier molecular flexibility index (Phi) is 5.94. The molecule has 3 atom stereocenters. The van der Waals surface area contributed by atoms with Gasteiger partial charge in [0.25, 0.3) is 11.8 Å². The van der Waals surface area contributed by atoms with Crippen molar-refractivity contribution < 1.29 is 14.4 Å². The number of amides is 3. The number of likely N-dealkylation sites (N-methyl/N-ethyl adjacent to an activating group) is 1. The summed E-state index contributed by atoms with van der Waals surface area (Å²) >= 11 is 0. The number of para-hydroxylation sites is 1. The van der Waals surface area contributed by atoms with Gasteiger partial charge in [-0.05, 0) is 36.1 Å². The normalized spacial score (nSPS) is 22.1. The number of benzene rings is 2. The van der Waals surface area contributed by atoms with Crippen molar-refractivity contribution in [3.63, 3.8) is 0 Å². The molecule has 33 heavy (non-hydrogen) atoms. The molecule has 0 bridgehead atoms. The molecule has 0 saturated carbocycles. The van der Waals surface area contributed by atoms with Gasteiger partial charge < -0.3 is 10.2 Å². The number of carbonyl (C=O) groups excluding carboxylic acids is 3. The average molecular weight is 445 g/mol. The lowest BCUT2D eigenvalue weighted by Gasteiger charge is -2.32. The fraction of sp³-hybridized carbons (Fsp3) is 0.385. The molecule has 7 nitrogen and oxygen atoms in total. The zero-order valence-electron chi connectivity index (χ0n) is 19.1. The Labute approximate surface area is 194 Å². The number of nitrogens with one attached hydrogen (secondary N) is 1. The topological polar surface area (TPSA) is 74.1 Å². The van der Waals surface area contributed by atoms with E-state index in [1.807, 2.05) is 44.2 Å². The second-order valence-corrected chi connectivity index (χ2v) is 9.29. The standard InChI is InChI=1S/C26H28N4O3/c1-17(2)14-21(29(4)23(31)18-10-6-5-7-11-18)24(32)30-16-26(15-22(30)27-3)19-12-8-9-13-20(19)28-25(26)33/h5-13,17,21-22H,14-16H2,1-2,4H3,(H,28,33)/t21-,22-,26-/m0/s1. The molecular weight excluding hydrogens is 416 g/mol. The van der Waals surface area contributed by atoms with Crippen LogP contribution < -0.4 is 5.32 Å². The first kappa shape index (κ1) is 22.5. The second-order valence-electron chi connectivity index (χ2n) is 9.29. The van der Waals surface area contributed by atoms with Crippen LogP contribution in [0.4, 0.5) is 5.69 Å². The van der Waals surface area contributed by atoms with E-state index >= 15 is 0 Å². The molecule has 2 aromatic rings. The minimum absolute atomic E-state index is 0.129. The Hall–Kier alpha value is -3.66. The number of anilines is 1. The van der Waals surface area contributed by atoms with E-state index in [0.717, 1.165) is 11.3 Å². The van der Waals surface area contributed by atoms with Crippen LogP contribution in [-0.4, -0.2) is 53.3 Å². The highest BCUT2D eigenvalue weighted by atomic mass is 16.2. The van der Waals surface area contributed by atoms with Crippen LogP contribution in [0.2, 0.25) is 0 Å². The third kappa shape index (κ3) is 3.86. The number of fused-ring (bicyclic) bond motifs is 2. The van der Waals surface area contributed by atoms with Crippen molar-refractivity contribution in [2.75, 3.05) is 18.9 Å². The lowest BCUT2D eigenvalue weighted by molar-refractivity contribution is -0.136. The molecule has 1 saturated heterocycles. The van der Waals surface area contributed by atoms with Gasteiger partial charge >= 0.3 is 6.17 Å². The SMILES string of the molecule is [C-]#[N+][C@@H]1C[C@@]2(CN1C(=O)[C@H](CC(C)C)N(C)C(=O)c1ccccc1)C(=O)Nc1ccccc12. The quantitative estimate of drug-likeness (QED) is 0.717. The van der Waals surface area contributed by atoms with Crippen LogP contribution in [0.15, 0.2) is 54.6 Å². The fourth-order valence-electron chi connectivity index (χ4n) is 4.94. The number of likely N-dealkylation sites (tertiary alicyclic amines) is 1. The predicted octanol–water partition coefficient (Wildman–Crippen LogP) is 3.54. The van der Waals surface area contributed by atoms with Crippen LogP contribution >= 0.6 is 0 Å². The minimum Gasteiger partial charge on any atom is -0.330 e. The van der Waals surface area contributed by atoms with Crippen LogP contribution in [0.1, 0.15) is 42.6 Å². The number of rotatable bonds is 5. The van der Waals surface area contributed by atoms with Gasteiger partial charge in [-0.1, -0.05) is 50.2 Å². The first-order chi connectivity index (χ1) is 15.8. The van der Waals surface area contributed by atoms with E-state index < -0.39 is 17.6 Å². The van der Waals surface area contributed by atoms with Gasteiger partial charge in [0.1, 0.15) is 11.5 Å². The summed E-state index contributed by atoms with van der Waals surface area (Å²) in [5.41, 5.74) is 1.13. The molecule has 2 aromatic carbocycles. The van der Waals surface area contributed by atoms with Gasteiger partial charge in [-0.25, -0.2) is 6.57 Å². The van der Waals surface area contributed by atoms with Crippen LogP contribution in [-0.2, 0) is 15.0 Å². The largest absolute Gasteiger partial charge is 0.330 e. The van der Waals surface area contributed by atoms with Crippen LogP contribution in [0, 0.1) is 12.5 Å². The molecule has 0 unspecified atom stereocenters. The molecule has 1 fully saturated rings. The molecule has 0 radical (unpaired) electrons. The summed E-state index contributed by atoms with van der Waals surface area (Å²) in [6, 6.07) is 15.6. The third-order valence-electron chi connectivity index (χ3n) is 6.68. The van der Waals surface area contributed by atoms with Gasteiger partial charge in [-0.2, -0.15) is 0 Å². The lowest BCUT2D eigenvalue weighted by Crippen LogP contribution is -2.51. The molecule has 2 aliphatic rings. The highest BCUT2D eigenvalue weighted by Crippen LogP contribution is 2.47. The maximum atomic E-state index is 13.8. The Morgan fingerprint density at radius 2 is 1.85 bits per heavy atom. The van der Waals surface area contributed by atoms with E-state index in [-0.39, 0.29) is 36.6 Å². The zero-order chi connectivity index (χ0) is 23.8. The maximum Gasteiger partial charge on any atom is 0.302 e. The van der Waals surface area contributed by atoms with Gasteiger partial charge in [-0.15, -0.1) is 0 Å². The van der Waals surface area contributed by atoms with E-state index in [2.05, 4.69) is 10.2 Å². The molecule has 1 N–H and O–H groups in total. The number of nitrogens with zero attached hydrogens (tertiary/aromatic N) is 3. The molecule has 0 aliphatic carbocycles. The van der Waals surface area contributed by atoms with E-state index in [9.17, 15) is 14.4 Å². The van der Waals surface area contributed by atoms with Crippen molar-refractivity contribution >= 4 is 23.4 Å². The summed E-state index contributed by atoms with van der Waals surface area (Å²) in [6.45, 7) is 11.9. The van der Waals surface area contributed by atoms with Gasteiger partial charge in [0.15, 0.2) is 0 Å². The highest BCUT2D eigenvalue weighted by molar-refractivity contribution is 6.07. The van der Waals surface area contributed by atoms with Crippen molar-refractivity contribution in [1.82, 2.24) is 9.80 Å². The lowest BCUT2D eigenvalue weighted by atomic mass is 9.80. The number of carbonyl (C=O) groups is 3.